The summed E-state index contributed by atoms with van der Waals surface area (Å²) < 4.78 is 5.55. The molecule has 0 saturated carbocycles. The molecule has 0 fully saturated rings. The number of rotatable bonds is 5. The van der Waals surface area contributed by atoms with E-state index in [0.29, 0.717) is 16.3 Å². The van der Waals surface area contributed by atoms with Gasteiger partial charge >= 0.3 is 0 Å². The van der Waals surface area contributed by atoms with Crippen LogP contribution in [0.1, 0.15) is 10.4 Å². The van der Waals surface area contributed by atoms with Crippen molar-refractivity contribution in [2.24, 2.45) is 0 Å². The van der Waals surface area contributed by atoms with E-state index in [4.69, 9.17) is 22.1 Å². The fourth-order valence-corrected chi connectivity index (χ4v) is 2.13. The standard InChI is InChI=1S/C16H13ClN6O2/c17-12-6-2-1-5-11(12)15(24)23-22-14-13(18)16(21-9-20-14)25-10-4-3-7-19-8-10/h1-9H,18H2,(H,23,24)(H,20,21,22). The maximum Gasteiger partial charge on any atom is 0.271 e. The van der Waals surface area contributed by atoms with Crippen molar-refractivity contribution in [3.05, 3.63) is 65.7 Å². The smallest absolute Gasteiger partial charge is 0.271 e. The number of nitrogen functional groups attached to an aromatic ring is 1. The van der Waals surface area contributed by atoms with Crippen LogP contribution in [-0.4, -0.2) is 20.9 Å². The van der Waals surface area contributed by atoms with Gasteiger partial charge in [-0.25, -0.2) is 4.98 Å². The van der Waals surface area contributed by atoms with E-state index in [0.717, 1.165) is 0 Å². The van der Waals surface area contributed by atoms with E-state index in [1.807, 2.05) is 0 Å². The Morgan fingerprint density at radius 2 is 2.00 bits per heavy atom. The number of pyridine rings is 1. The molecule has 126 valence electrons. The molecule has 0 unspecified atom stereocenters. The fourth-order valence-electron chi connectivity index (χ4n) is 1.91. The van der Waals surface area contributed by atoms with E-state index in [2.05, 4.69) is 25.8 Å². The van der Waals surface area contributed by atoms with Gasteiger partial charge in [0, 0.05) is 6.20 Å². The number of aromatic nitrogens is 3. The van der Waals surface area contributed by atoms with Crippen LogP contribution in [0.2, 0.25) is 5.02 Å². The highest BCUT2D eigenvalue weighted by Crippen LogP contribution is 2.28. The Balaban J connectivity index is 1.72. The Hall–Kier alpha value is -3.39. The first kappa shape index (κ1) is 16.5. The fraction of sp³-hybridized carbons (Fsp3) is 0. The lowest BCUT2D eigenvalue weighted by atomic mass is 10.2. The average molecular weight is 357 g/mol. The van der Waals surface area contributed by atoms with Crippen LogP contribution in [0, 0.1) is 0 Å². The summed E-state index contributed by atoms with van der Waals surface area (Å²) in [5.41, 5.74) is 11.5. The van der Waals surface area contributed by atoms with E-state index in [1.165, 1.54) is 12.5 Å². The number of hydrogen-bond acceptors (Lipinski definition) is 7. The van der Waals surface area contributed by atoms with Gasteiger partial charge in [0.15, 0.2) is 5.82 Å². The van der Waals surface area contributed by atoms with Crippen molar-refractivity contribution >= 4 is 29.0 Å². The first-order chi connectivity index (χ1) is 12.1. The SMILES string of the molecule is Nc1c(NNC(=O)c2ccccc2Cl)ncnc1Oc1cccnc1. The molecule has 0 saturated heterocycles. The zero-order chi connectivity index (χ0) is 17.6. The third kappa shape index (κ3) is 3.93. The maximum absolute atomic E-state index is 12.1. The number of amides is 1. The van der Waals surface area contributed by atoms with E-state index in [9.17, 15) is 4.79 Å². The Morgan fingerprint density at radius 1 is 1.16 bits per heavy atom. The number of halogens is 1. The molecule has 4 N–H and O–H groups in total. The summed E-state index contributed by atoms with van der Waals surface area (Å²) in [6, 6.07) is 10.1. The van der Waals surface area contributed by atoms with Gasteiger partial charge in [-0.05, 0) is 24.3 Å². The van der Waals surface area contributed by atoms with Crippen molar-refractivity contribution in [2.45, 2.75) is 0 Å². The normalized spacial score (nSPS) is 10.1. The summed E-state index contributed by atoms with van der Waals surface area (Å²) in [6.07, 6.45) is 4.40. The lowest BCUT2D eigenvalue weighted by molar-refractivity contribution is 0.0962. The van der Waals surface area contributed by atoms with Crippen molar-refractivity contribution in [1.82, 2.24) is 20.4 Å². The molecule has 0 atom stereocenters. The first-order valence-corrected chi connectivity index (χ1v) is 7.52. The van der Waals surface area contributed by atoms with Crippen molar-refractivity contribution < 1.29 is 9.53 Å². The number of carbonyl (C=O) groups excluding carboxylic acids is 1. The van der Waals surface area contributed by atoms with Crippen molar-refractivity contribution in [1.29, 1.82) is 0 Å². The van der Waals surface area contributed by atoms with Gasteiger partial charge < -0.3 is 10.5 Å². The predicted octanol–water partition coefficient (Wildman–Crippen LogP) is 2.66. The Kier molecular flexibility index (Phi) is 4.91. The number of hydrazine groups is 1. The molecule has 3 rings (SSSR count). The molecule has 0 aliphatic rings. The summed E-state index contributed by atoms with van der Waals surface area (Å²) in [4.78, 5) is 24.0. The second-order valence-electron chi connectivity index (χ2n) is 4.79. The molecular weight excluding hydrogens is 344 g/mol. The highest BCUT2D eigenvalue weighted by Gasteiger charge is 2.13. The van der Waals surface area contributed by atoms with E-state index >= 15 is 0 Å². The van der Waals surface area contributed by atoms with Gasteiger partial charge in [0.25, 0.3) is 5.91 Å². The summed E-state index contributed by atoms with van der Waals surface area (Å²) in [5, 5.41) is 0.332. The third-order valence-electron chi connectivity index (χ3n) is 3.11. The zero-order valence-corrected chi connectivity index (χ0v) is 13.6. The minimum atomic E-state index is -0.432. The predicted molar refractivity (Wildman–Crippen MR) is 93.3 cm³/mol. The molecule has 3 aromatic rings. The van der Waals surface area contributed by atoms with Gasteiger partial charge in [-0.3, -0.25) is 20.6 Å². The topological polar surface area (TPSA) is 115 Å². The first-order valence-electron chi connectivity index (χ1n) is 7.14. The third-order valence-corrected chi connectivity index (χ3v) is 3.44. The molecule has 1 amide bonds. The molecule has 1 aromatic carbocycles. The van der Waals surface area contributed by atoms with Crippen LogP contribution in [-0.2, 0) is 0 Å². The highest BCUT2D eigenvalue weighted by atomic mass is 35.5. The van der Waals surface area contributed by atoms with Gasteiger partial charge in [0.2, 0.25) is 5.88 Å². The van der Waals surface area contributed by atoms with Crippen LogP contribution < -0.4 is 21.3 Å². The number of nitrogens with two attached hydrogens (primary N) is 1. The molecule has 0 bridgehead atoms. The molecule has 2 heterocycles. The minimum absolute atomic E-state index is 0.130. The molecule has 8 nitrogen and oxygen atoms in total. The van der Waals surface area contributed by atoms with Crippen LogP contribution in [0.3, 0.4) is 0 Å². The Morgan fingerprint density at radius 3 is 2.76 bits per heavy atom. The van der Waals surface area contributed by atoms with Gasteiger partial charge in [-0.1, -0.05) is 23.7 Å². The second kappa shape index (κ2) is 7.45. The average Bonchev–Trinajstić information content (AvgIpc) is 2.63. The lowest BCUT2D eigenvalue weighted by Crippen LogP contribution is -2.30. The van der Waals surface area contributed by atoms with Crippen LogP contribution in [0.5, 0.6) is 11.6 Å². The molecule has 9 heteroatoms. The summed E-state index contributed by atoms with van der Waals surface area (Å²) in [6.45, 7) is 0. The number of ether oxygens (including phenoxy) is 1. The number of hydrogen-bond donors (Lipinski definition) is 3. The number of nitrogens with one attached hydrogen (secondary N) is 2. The van der Waals surface area contributed by atoms with E-state index in [1.54, 1.807) is 42.6 Å². The quantitative estimate of drug-likeness (QED) is 0.602. The summed E-state index contributed by atoms with van der Waals surface area (Å²) in [5.74, 6) is 0.365. The minimum Gasteiger partial charge on any atom is -0.435 e. The summed E-state index contributed by atoms with van der Waals surface area (Å²) >= 11 is 5.98. The van der Waals surface area contributed by atoms with Crippen LogP contribution in [0.25, 0.3) is 0 Å². The molecule has 25 heavy (non-hydrogen) atoms. The number of anilines is 2. The Bertz CT molecular complexity index is 891. The van der Waals surface area contributed by atoms with Gasteiger partial charge in [0.05, 0.1) is 16.8 Å². The summed E-state index contributed by atoms with van der Waals surface area (Å²) in [7, 11) is 0. The van der Waals surface area contributed by atoms with Crippen molar-refractivity contribution in [3.8, 4) is 11.6 Å². The molecular formula is C16H13ClN6O2. The molecule has 0 spiro atoms. The van der Waals surface area contributed by atoms with Crippen LogP contribution in [0.15, 0.2) is 55.1 Å². The molecule has 0 radical (unpaired) electrons. The highest BCUT2D eigenvalue weighted by molar-refractivity contribution is 6.33. The monoisotopic (exact) mass is 356 g/mol. The largest absolute Gasteiger partial charge is 0.435 e. The van der Waals surface area contributed by atoms with Crippen LogP contribution in [0.4, 0.5) is 11.5 Å². The lowest BCUT2D eigenvalue weighted by Gasteiger charge is -2.12. The molecule has 2 aromatic heterocycles. The van der Waals surface area contributed by atoms with Crippen molar-refractivity contribution in [2.75, 3.05) is 11.2 Å². The second-order valence-corrected chi connectivity index (χ2v) is 5.20. The maximum atomic E-state index is 12.1. The van der Waals surface area contributed by atoms with E-state index in [-0.39, 0.29) is 17.4 Å². The molecule has 0 aliphatic carbocycles. The van der Waals surface area contributed by atoms with Gasteiger partial charge in [0.1, 0.15) is 17.8 Å². The number of benzene rings is 1. The number of carbonyl (C=O) groups is 1. The van der Waals surface area contributed by atoms with Crippen molar-refractivity contribution in [3.63, 3.8) is 0 Å². The molecule has 0 aliphatic heterocycles. The van der Waals surface area contributed by atoms with E-state index < -0.39 is 5.91 Å². The number of nitrogens with zero attached hydrogens (tertiary/aromatic N) is 3. The zero-order valence-electron chi connectivity index (χ0n) is 12.8. The Labute approximate surface area is 148 Å². The van der Waals surface area contributed by atoms with Gasteiger partial charge in [-0.15, -0.1) is 0 Å². The van der Waals surface area contributed by atoms with Gasteiger partial charge in [-0.2, -0.15) is 4.98 Å². The van der Waals surface area contributed by atoms with Crippen LogP contribution >= 0.6 is 11.6 Å².